The van der Waals surface area contributed by atoms with Crippen molar-refractivity contribution in [2.75, 3.05) is 19.4 Å². The van der Waals surface area contributed by atoms with Crippen LogP contribution in [0, 0.1) is 0 Å². The number of hydrogen-bond acceptors (Lipinski definition) is 10. The molecule has 0 aliphatic heterocycles. The maximum absolute atomic E-state index is 12.7. The smallest absolute Gasteiger partial charge is 0.288 e. The Morgan fingerprint density at radius 3 is 2.73 bits per heavy atom. The second kappa shape index (κ2) is 10.2. The Hall–Kier alpha value is -2.97. The lowest BCUT2D eigenvalue weighted by Crippen LogP contribution is -2.17. The van der Waals surface area contributed by atoms with Crippen molar-refractivity contribution in [3.05, 3.63) is 54.1 Å². The highest BCUT2D eigenvalue weighted by Gasteiger charge is 2.17. The van der Waals surface area contributed by atoms with Gasteiger partial charge in [-0.05, 0) is 40.8 Å². The highest BCUT2D eigenvalue weighted by molar-refractivity contribution is 8.13. The fourth-order valence-corrected chi connectivity index (χ4v) is 3.40. The number of carbonyl (C=O) groups excluding carboxylic acids is 2. The van der Waals surface area contributed by atoms with Gasteiger partial charge < -0.3 is 10.2 Å². The number of carbonyl (C=O) groups is 2. The molecule has 0 atom stereocenters. The summed E-state index contributed by atoms with van der Waals surface area (Å²) in [4.78, 5) is 26.5. The van der Waals surface area contributed by atoms with E-state index in [9.17, 15) is 9.59 Å². The van der Waals surface area contributed by atoms with Crippen LogP contribution in [-0.2, 0) is 9.37 Å². The minimum absolute atomic E-state index is 0.223. The number of nitrogens with one attached hydrogen (secondary N) is 1. The molecule has 3 rings (SSSR count). The van der Waals surface area contributed by atoms with Gasteiger partial charge in [-0.1, -0.05) is 23.2 Å². The maximum Gasteiger partial charge on any atom is 0.288 e. The van der Waals surface area contributed by atoms with Crippen molar-refractivity contribution in [2.24, 2.45) is 0 Å². The second-order valence-corrected chi connectivity index (χ2v) is 7.52. The number of nitrogens with zero attached hydrogens (tertiary/aromatic N) is 5. The van der Waals surface area contributed by atoms with Gasteiger partial charge in [-0.3, -0.25) is 9.59 Å². The van der Waals surface area contributed by atoms with Crippen LogP contribution in [0.4, 0.5) is 10.5 Å². The SMILES string of the molecule is CN(C)C(=O)Sc1nnnn1-c1cccc(NC(=O)c2ccccc2SOOO)c1. The Bertz CT molecular complexity index is 1040. The number of tetrazole rings is 1. The summed E-state index contributed by atoms with van der Waals surface area (Å²) in [6, 6.07) is 13.5. The fourth-order valence-electron chi connectivity index (χ4n) is 2.27. The van der Waals surface area contributed by atoms with Crippen LogP contribution < -0.4 is 5.32 Å². The molecule has 0 bridgehead atoms. The minimum Gasteiger partial charge on any atom is -0.339 e. The summed E-state index contributed by atoms with van der Waals surface area (Å²) < 4.78 is 5.82. The summed E-state index contributed by atoms with van der Waals surface area (Å²) in [5.41, 5.74) is 1.37. The monoisotopic (exact) mass is 448 g/mol. The number of anilines is 1. The van der Waals surface area contributed by atoms with Crippen molar-refractivity contribution < 1.29 is 24.2 Å². The topological polar surface area (TPSA) is 132 Å². The molecule has 156 valence electrons. The molecule has 30 heavy (non-hydrogen) atoms. The number of aromatic nitrogens is 4. The van der Waals surface area contributed by atoms with Gasteiger partial charge in [0, 0.05) is 31.5 Å². The molecule has 2 N–H and O–H groups in total. The molecule has 0 spiro atoms. The van der Waals surface area contributed by atoms with Gasteiger partial charge in [0.15, 0.2) is 0 Å². The molecule has 0 aliphatic carbocycles. The van der Waals surface area contributed by atoms with Gasteiger partial charge in [-0.15, -0.1) is 9.43 Å². The van der Waals surface area contributed by atoms with Crippen LogP contribution in [-0.4, -0.2) is 55.6 Å². The van der Waals surface area contributed by atoms with Crippen LogP contribution in [0.15, 0.2) is 58.6 Å². The van der Waals surface area contributed by atoms with Gasteiger partial charge in [0.2, 0.25) is 5.16 Å². The summed E-state index contributed by atoms with van der Waals surface area (Å²) in [6.45, 7) is 0. The molecule has 0 aliphatic rings. The molecule has 1 heterocycles. The van der Waals surface area contributed by atoms with Gasteiger partial charge in [-0.25, -0.2) is 5.26 Å². The van der Waals surface area contributed by atoms with Crippen LogP contribution in [0.5, 0.6) is 0 Å². The van der Waals surface area contributed by atoms with E-state index in [4.69, 9.17) is 5.26 Å². The summed E-state index contributed by atoms with van der Waals surface area (Å²) >= 11 is 1.58. The first-order valence-corrected chi connectivity index (χ1v) is 9.88. The van der Waals surface area contributed by atoms with E-state index >= 15 is 0 Å². The number of rotatable bonds is 7. The van der Waals surface area contributed by atoms with E-state index in [1.165, 1.54) is 9.58 Å². The predicted octanol–water partition coefficient (Wildman–Crippen LogP) is 3.12. The van der Waals surface area contributed by atoms with Crippen molar-refractivity contribution in [3.8, 4) is 5.69 Å². The third-order valence-electron chi connectivity index (χ3n) is 3.62. The molecule has 0 saturated heterocycles. The lowest BCUT2D eigenvalue weighted by atomic mass is 10.2. The lowest BCUT2D eigenvalue weighted by molar-refractivity contribution is -0.432. The molecule has 0 fully saturated rings. The highest BCUT2D eigenvalue weighted by Crippen LogP contribution is 2.25. The van der Waals surface area contributed by atoms with Gasteiger partial charge in [-0.2, -0.15) is 4.68 Å². The van der Waals surface area contributed by atoms with E-state index in [-0.39, 0.29) is 5.24 Å². The Kier molecular flexibility index (Phi) is 7.37. The Morgan fingerprint density at radius 1 is 1.17 bits per heavy atom. The van der Waals surface area contributed by atoms with Crippen molar-refractivity contribution >= 4 is 40.6 Å². The number of amides is 2. The molecule has 1 aromatic heterocycles. The van der Waals surface area contributed by atoms with E-state index < -0.39 is 5.91 Å². The summed E-state index contributed by atoms with van der Waals surface area (Å²) in [6.07, 6.45) is 0. The van der Waals surface area contributed by atoms with Gasteiger partial charge >= 0.3 is 0 Å². The van der Waals surface area contributed by atoms with E-state index in [1.54, 1.807) is 62.6 Å². The molecule has 0 unspecified atom stereocenters. The molecule has 13 heteroatoms. The van der Waals surface area contributed by atoms with Crippen LogP contribution in [0.3, 0.4) is 0 Å². The van der Waals surface area contributed by atoms with E-state index in [2.05, 4.69) is 30.2 Å². The van der Waals surface area contributed by atoms with Crippen molar-refractivity contribution in [1.29, 1.82) is 0 Å². The lowest BCUT2D eigenvalue weighted by Gasteiger charge is -2.11. The summed E-state index contributed by atoms with van der Waals surface area (Å²) in [5.74, 6) is -0.397. The Balaban J connectivity index is 1.80. The zero-order valence-corrected chi connectivity index (χ0v) is 17.4. The third-order valence-corrected chi connectivity index (χ3v) is 5.26. The first-order valence-electron chi connectivity index (χ1n) is 8.32. The van der Waals surface area contributed by atoms with Crippen LogP contribution in [0.2, 0.25) is 0 Å². The summed E-state index contributed by atoms with van der Waals surface area (Å²) in [5, 5.41) is 26.2. The quantitative estimate of drug-likeness (QED) is 0.240. The Labute approximate surface area is 179 Å². The van der Waals surface area contributed by atoms with Crippen molar-refractivity contribution in [2.45, 2.75) is 10.1 Å². The zero-order valence-electron chi connectivity index (χ0n) is 15.8. The first kappa shape index (κ1) is 21.7. The van der Waals surface area contributed by atoms with Gasteiger partial charge in [0.1, 0.15) is 0 Å². The van der Waals surface area contributed by atoms with E-state index in [1.807, 2.05) is 0 Å². The largest absolute Gasteiger partial charge is 0.339 e. The number of hydrogen-bond donors (Lipinski definition) is 2. The standard InChI is InChI=1S/C17H16N6O5S2/c1-22(2)17(25)29-16-19-20-21-23(16)12-7-5-6-11(10-12)18-15(24)13-8-3-4-9-14(13)30-28-27-26/h3-10,26H,1-2H3,(H,18,24). The van der Waals surface area contributed by atoms with Crippen molar-refractivity contribution in [1.82, 2.24) is 25.1 Å². The highest BCUT2D eigenvalue weighted by atomic mass is 32.2. The molecular formula is C17H16N6O5S2. The first-order chi connectivity index (χ1) is 14.5. The Morgan fingerprint density at radius 2 is 1.97 bits per heavy atom. The predicted molar refractivity (Wildman–Crippen MR) is 109 cm³/mol. The van der Waals surface area contributed by atoms with E-state index in [0.29, 0.717) is 39.0 Å². The molecule has 0 radical (unpaired) electrons. The normalized spacial score (nSPS) is 10.6. The minimum atomic E-state index is -0.397. The maximum atomic E-state index is 12.7. The van der Waals surface area contributed by atoms with Crippen LogP contribution in [0.25, 0.3) is 5.69 Å². The molecule has 2 aromatic carbocycles. The molecule has 11 nitrogen and oxygen atoms in total. The molecule has 3 aromatic rings. The fraction of sp³-hybridized carbons (Fsp3) is 0.118. The third kappa shape index (κ3) is 5.34. The average molecular weight is 448 g/mol. The number of thioether (sulfide) groups is 1. The van der Waals surface area contributed by atoms with Crippen LogP contribution >= 0.6 is 23.8 Å². The number of benzene rings is 2. The van der Waals surface area contributed by atoms with E-state index in [0.717, 1.165) is 11.8 Å². The average Bonchev–Trinajstić information content (AvgIpc) is 3.20. The summed E-state index contributed by atoms with van der Waals surface area (Å²) in [7, 11) is 3.26. The molecular weight excluding hydrogens is 432 g/mol. The second-order valence-electron chi connectivity index (χ2n) is 5.86. The molecule has 2 amide bonds. The molecule has 0 saturated carbocycles. The zero-order chi connectivity index (χ0) is 21.5. The van der Waals surface area contributed by atoms with Gasteiger partial charge in [0.25, 0.3) is 11.1 Å². The van der Waals surface area contributed by atoms with Gasteiger partial charge in [0.05, 0.1) is 28.2 Å². The van der Waals surface area contributed by atoms with Crippen molar-refractivity contribution in [3.63, 3.8) is 0 Å². The van der Waals surface area contributed by atoms with Crippen LogP contribution in [0.1, 0.15) is 10.4 Å².